The average Bonchev–Trinajstić information content (AvgIpc) is 2.49. The Kier molecular flexibility index (Phi) is 4.26. The fourth-order valence-corrected chi connectivity index (χ4v) is 1.69. The predicted molar refractivity (Wildman–Crippen MR) is 72.0 cm³/mol. The number of para-hydroxylation sites is 1. The molecule has 0 aliphatic heterocycles. The quantitative estimate of drug-likeness (QED) is 0.847. The SMILES string of the molecule is CCCc1nc(C#N)c(C#N)nc1Oc1ccccc1. The van der Waals surface area contributed by atoms with E-state index >= 15 is 0 Å². The molecule has 1 aromatic carbocycles. The second-order valence-corrected chi connectivity index (χ2v) is 4.06. The third kappa shape index (κ3) is 2.90. The van der Waals surface area contributed by atoms with Crippen molar-refractivity contribution in [1.29, 1.82) is 10.5 Å². The van der Waals surface area contributed by atoms with Crippen LogP contribution in [0.3, 0.4) is 0 Å². The molecular weight excluding hydrogens is 252 g/mol. The predicted octanol–water partition coefficient (Wildman–Crippen LogP) is 2.96. The Bertz CT molecular complexity index is 684. The van der Waals surface area contributed by atoms with Crippen molar-refractivity contribution in [2.75, 3.05) is 0 Å². The molecule has 20 heavy (non-hydrogen) atoms. The summed E-state index contributed by atoms with van der Waals surface area (Å²) in [5.41, 5.74) is 0.613. The molecule has 0 unspecified atom stereocenters. The first-order valence-electron chi connectivity index (χ1n) is 6.22. The fraction of sp³-hybridized carbons (Fsp3) is 0.200. The lowest BCUT2D eigenvalue weighted by Crippen LogP contribution is -2.04. The van der Waals surface area contributed by atoms with Crippen LogP contribution in [-0.2, 0) is 6.42 Å². The molecule has 0 saturated carbocycles. The molecular formula is C15H12N4O. The van der Waals surface area contributed by atoms with E-state index in [1.54, 1.807) is 12.1 Å². The van der Waals surface area contributed by atoms with Gasteiger partial charge in [0.25, 0.3) is 0 Å². The molecule has 0 aliphatic rings. The van der Waals surface area contributed by atoms with Gasteiger partial charge in [0.15, 0.2) is 11.4 Å². The highest BCUT2D eigenvalue weighted by molar-refractivity contribution is 5.40. The van der Waals surface area contributed by atoms with Crippen LogP contribution in [0.15, 0.2) is 30.3 Å². The Morgan fingerprint density at radius 3 is 2.30 bits per heavy atom. The zero-order valence-corrected chi connectivity index (χ0v) is 11.0. The number of rotatable bonds is 4. The van der Waals surface area contributed by atoms with Gasteiger partial charge in [-0.05, 0) is 18.6 Å². The second-order valence-electron chi connectivity index (χ2n) is 4.06. The summed E-state index contributed by atoms with van der Waals surface area (Å²) in [4.78, 5) is 8.28. The first-order chi connectivity index (χ1) is 9.78. The normalized spacial score (nSPS) is 9.55. The van der Waals surface area contributed by atoms with E-state index in [0.29, 0.717) is 17.9 Å². The second kappa shape index (κ2) is 6.31. The van der Waals surface area contributed by atoms with Crippen LogP contribution in [0.25, 0.3) is 0 Å². The Morgan fingerprint density at radius 1 is 1.05 bits per heavy atom. The van der Waals surface area contributed by atoms with Crippen molar-refractivity contribution < 1.29 is 4.74 Å². The minimum Gasteiger partial charge on any atom is -0.437 e. The first kappa shape index (κ1) is 13.5. The lowest BCUT2D eigenvalue weighted by molar-refractivity contribution is 0.450. The minimum atomic E-state index is -0.0155. The van der Waals surface area contributed by atoms with Gasteiger partial charge in [0.2, 0.25) is 5.88 Å². The van der Waals surface area contributed by atoms with E-state index in [1.165, 1.54) is 0 Å². The van der Waals surface area contributed by atoms with Crippen LogP contribution in [0.1, 0.15) is 30.4 Å². The van der Waals surface area contributed by atoms with Crippen molar-refractivity contribution in [3.8, 4) is 23.8 Å². The molecule has 2 aromatic rings. The molecule has 98 valence electrons. The third-order valence-corrected chi connectivity index (χ3v) is 2.59. The topological polar surface area (TPSA) is 82.6 Å². The van der Waals surface area contributed by atoms with Gasteiger partial charge in [0.1, 0.15) is 23.6 Å². The molecule has 0 N–H and O–H groups in total. The number of hydrogen-bond acceptors (Lipinski definition) is 5. The number of ether oxygens (including phenoxy) is 1. The maximum atomic E-state index is 9.00. The molecule has 1 aromatic heterocycles. The van der Waals surface area contributed by atoms with Gasteiger partial charge in [-0.3, -0.25) is 0 Å². The Hall–Kier alpha value is -2.92. The van der Waals surface area contributed by atoms with E-state index in [0.717, 1.165) is 6.42 Å². The highest BCUT2D eigenvalue weighted by Crippen LogP contribution is 2.24. The smallest absolute Gasteiger partial charge is 0.242 e. The number of aromatic nitrogens is 2. The van der Waals surface area contributed by atoms with E-state index < -0.39 is 0 Å². The van der Waals surface area contributed by atoms with Crippen LogP contribution in [0.5, 0.6) is 11.6 Å². The van der Waals surface area contributed by atoms with E-state index in [1.807, 2.05) is 37.3 Å². The molecule has 0 atom stereocenters. The molecule has 0 saturated heterocycles. The minimum absolute atomic E-state index is 0.0155. The molecule has 0 radical (unpaired) electrons. The molecule has 0 amide bonds. The first-order valence-corrected chi connectivity index (χ1v) is 6.22. The highest BCUT2D eigenvalue weighted by atomic mass is 16.5. The Morgan fingerprint density at radius 2 is 1.70 bits per heavy atom. The Labute approximate surface area is 117 Å². The summed E-state index contributed by atoms with van der Waals surface area (Å²) >= 11 is 0. The van der Waals surface area contributed by atoms with Crippen LogP contribution < -0.4 is 4.74 Å². The van der Waals surface area contributed by atoms with Crippen LogP contribution in [-0.4, -0.2) is 9.97 Å². The van der Waals surface area contributed by atoms with Gasteiger partial charge >= 0.3 is 0 Å². The maximum Gasteiger partial charge on any atom is 0.242 e. The van der Waals surface area contributed by atoms with E-state index in [2.05, 4.69) is 9.97 Å². The zero-order valence-electron chi connectivity index (χ0n) is 11.0. The van der Waals surface area contributed by atoms with E-state index in [-0.39, 0.29) is 17.3 Å². The summed E-state index contributed by atoms with van der Waals surface area (Å²) in [6.07, 6.45) is 1.48. The van der Waals surface area contributed by atoms with Crippen LogP contribution in [0, 0.1) is 22.7 Å². The molecule has 0 bridgehead atoms. The van der Waals surface area contributed by atoms with Gasteiger partial charge < -0.3 is 4.74 Å². The lowest BCUT2D eigenvalue weighted by Gasteiger charge is -2.09. The van der Waals surface area contributed by atoms with Crippen LogP contribution in [0.2, 0.25) is 0 Å². The summed E-state index contributed by atoms with van der Waals surface area (Å²) in [6, 6.07) is 12.9. The van der Waals surface area contributed by atoms with Crippen LogP contribution >= 0.6 is 0 Å². The molecule has 0 spiro atoms. The molecule has 2 rings (SSSR count). The summed E-state index contributed by atoms with van der Waals surface area (Å²) in [6.45, 7) is 2.00. The van der Waals surface area contributed by atoms with Crippen molar-refractivity contribution in [1.82, 2.24) is 9.97 Å². The van der Waals surface area contributed by atoms with E-state index in [9.17, 15) is 0 Å². The summed E-state index contributed by atoms with van der Waals surface area (Å²) < 4.78 is 5.67. The molecule has 1 heterocycles. The van der Waals surface area contributed by atoms with Crippen molar-refractivity contribution in [3.05, 3.63) is 47.4 Å². The van der Waals surface area contributed by atoms with Crippen molar-refractivity contribution in [2.24, 2.45) is 0 Å². The van der Waals surface area contributed by atoms with Gasteiger partial charge in [-0.2, -0.15) is 15.5 Å². The van der Waals surface area contributed by atoms with Gasteiger partial charge in [0, 0.05) is 0 Å². The number of nitrogens with zero attached hydrogens (tertiary/aromatic N) is 4. The zero-order chi connectivity index (χ0) is 14.4. The van der Waals surface area contributed by atoms with Crippen molar-refractivity contribution >= 4 is 0 Å². The summed E-state index contributed by atoms with van der Waals surface area (Å²) in [5.74, 6) is 0.904. The average molecular weight is 264 g/mol. The lowest BCUT2D eigenvalue weighted by atomic mass is 10.2. The highest BCUT2D eigenvalue weighted by Gasteiger charge is 2.14. The van der Waals surface area contributed by atoms with Gasteiger partial charge in [-0.1, -0.05) is 31.5 Å². The molecule has 5 nitrogen and oxygen atoms in total. The van der Waals surface area contributed by atoms with Crippen LogP contribution in [0.4, 0.5) is 0 Å². The third-order valence-electron chi connectivity index (χ3n) is 2.59. The molecule has 5 heteroatoms. The Balaban J connectivity index is 2.45. The fourth-order valence-electron chi connectivity index (χ4n) is 1.69. The van der Waals surface area contributed by atoms with Gasteiger partial charge in [-0.15, -0.1) is 0 Å². The number of aryl methyl sites for hydroxylation is 1. The maximum absolute atomic E-state index is 9.00. The molecule has 0 aliphatic carbocycles. The van der Waals surface area contributed by atoms with E-state index in [4.69, 9.17) is 15.3 Å². The number of hydrogen-bond donors (Lipinski definition) is 0. The number of benzene rings is 1. The molecule has 0 fully saturated rings. The summed E-state index contributed by atoms with van der Waals surface area (Å²) in [5, 5.41) is 18.0. The summed E-state index contributed by atoms with van der Waals surface area (Å²) in [7, 11) is 0. The van der Waals surface area contributed by atoms with Crippen molar-refractivity contribution in [3.63, 3.8) is 0 Å². The van der Waals surface area contributed by atoms with Gasteiger partial charge in [-0.25, -0.2) is 4.98 Å². The number of nitriles is 2. The standard InChI is InChI=1S/C15H12N4O/c1-2-6-12-15(20-11-7-4-3-5-8-11)19-14(10-17)13(9-16)18-12/h3-5,7-8H,2,6H2,1H3. The van der Waals surface area contributed by atoms with Crippen molar-refractivity contribution in [2.45, 2.75) is 19.8 Å². The van der Waals surface area contributed by atoms with Gasteiger partial charge in [0.05, 0.1) is 0 Å². The monoisotopic (exact) mass is 264 g/mol. The largest absolute Gasteiger partial charge is 0.437 e.